The van der Waals surface area contributed by atoms with E-state index < -0.39 is 0 Å². The van der Waals surface area contributed by atoms with Gasteiger partial charge in [-0.3, -0.25) is 0 Å². The van der Waals surface area contributed by atoms with Crippen LogP contribution in [0.15, 0.2) is 45.0 Å². The molecule has 2 bridgehead atoms. The predicted molar refractivity (Wildman–Crippen MR) is 67.9 cm³/mol. The average Bonchev–Trinajstić information content (AvgIpc) is 2.26. The largest absolute Gasteiger partial charge is 0.0882 e. The maximum Gasteiger partial charge on any atom is 0.0288 e. The van der Waals surface area contributed by atoms with Crippen LogP contribution in [0.25, 0.3) is 0 Å². The molecule has 2 atom stereocenters. The summed E-state index contributed by atoms with van der Waals surface area (Å²) in [6.45, 7) is 0. The molecule has 0 fully saturated rings. The van der Waals surface area contributed by atoms with Crippen LogP contribution < -0.4 is 0 Å². The van der Waals surface area contributed by atoms with Gasteiger partial charge >= 0.3 is 0 Å². The van der Waals surface area contributed by atoms with Crippen molar-refractivity contribution in [1.82, 2.24) is 0 Å². The highest BCUT2D eigenvalue weighted by molar-refractivity contribution is 9.11. The molecular weight excluding hydrogens is 272 g/mol. The van der Waals surface area contributed by atoms with E-state index in [2.05, 4.69) is 40.2 Å². The molecule has 3 aliphatic rings. The highest BCUT2D eigenvalue weighted by Gasteiger charge is 2.34. The van der Waals surface area contributed by atoms with Gasteiger partial charge in [0.15, 0.2) is 0 Å². The van der Waals surface area contributed by atoms with Gasteiger partial charge in [0.1, 0.15) is 0 Å². The van der Waals surface area contributed by atoms with E-state index >= 15 is 0 Å². The molecule has 78 valence electrons. The molecule has 0 saturated carbocycles. The van der Waals surface area contributed by atoms with Crippen LogP contribution in [0.3, 0.4) is 0 Å². The van der Waals surface area contributed by atoms with E-state index in [1.807, 2.05) is 0 Å². The summed E-state index contributed by atoms with van der Waals surface area (Å²) in [6, 6.07) is 0. The fourth-order valence-electron chi connectivity index (χ4n) is 2.81. The molecule has 0 nitrogen and oxygen atoms in total. The predicted octanol–water partition coefficient (Wildman–Crippen LogP) is 4.68. The number of halogens is 2. The SMILES string of the molecule is ClC1=C2CC=CC=C2C2CC(Br)=CC1C2. The fourth-order valence-corrected chi connectivity index (χ4v) is 3.86. The zero-order valence-electron chi connectivity index (χ0n) is 8.34. The summed E-state index contributed by atoms with van der Waals surface area (Å²) in [5.41, 5.74) is 2.86. The molecule has 15 heavy (non-hydrogen) atoms. The van der Waals surface area contributed by atoms with Gasteiger partial charge in [-0.25, -0.2) is 0 Å². The average molecular weight is 284 g/mol. The molecule has 0 radical (unpaired) electrons. The Kier molecular flexibility index (Phi) is 2.41. The Hall–Kier alpha value is -0.270. The van der Waals surface area contributed by atoms with Crippen LogP contribution in [0, 0.1) is 11.8 Å². The van der Waals surface area contributed by atoms with Gasteiger partial charge in [-0.15, -0.1) is 0 Å². The molecule has 0 aromatic rings. The number of fused-ring (bicyclic) bond motifs is 4. The molecule has 3 aliphatic carbocycles. The molecule has 0 spiro atoms. The number of hydrogen-bond donors (Lipinski definition) is 0. The highest BCUT2D eigenvalue weighted by Crippen LogP contribution is 2.49. The lowest BCUT2D eigenvalue weighted by Crippen LogP contribution is -2.23. The Morgan fingerprint density at radius 2 is 2.27 bits per heavy atom. The van der Waals surface area contributed by atoms with Crippen molar-refractivity contribution in [1.29, 1.82) is 0 Å². The Morgan fingerprint density at radius 3 is 3.13 bits per heavy atom. The van der Waals surface area contributed by atoms with Crippen molar-refractivity contribution in [3.63, 3.8) is 0 Å². The lowest BCUT2D eigenvalue weighted by molar-refractivity contribution is 0.468. The van der Waals surface area contributed by atoms with Crippen molar-refractivity contribution in [2.75, 3.05) is 0 Å². The summed E-state index contributed by atoms with van der Waals surface area (Å²) >= 11 is 10.1. The Labute approximate surface area is 104 Å². The molecular formula is C13H12BrCl. The van der Waals surface area contributed by atoms with Crippen LogP contribution in [0.1, 0.15) is 19.3 Å². The van der Waals surface area contributed by atoms with E-state index in [4.69, 9.17) is 11.6 Å². The Balaban J connectivity index is 2.13. The molecule has 0 amide bonds. The van der Waals surface area contributed by atoms with Crippen LogP contribution in [-0.2, 0) is 0 Å². The summed E-state index contributed by atoms with van der Waals surface area (Å²) in [7, 11) is 0. The van der Waals surface area contributed by atoms with Crippen LogP contribution in [0.5, 0.6) is 0 Å². The third kappa shape index (κ3) is 1.57. The minimum atomic E-state index is 0.457. The lowest BCUT2D eigenvalue weighted by atomic mass is 9.71. The van der Waals surface area contributed by atoms with Crippen LogP contribution in [-0.4, -0.2) is 0 Å². The van der Waals surface area contributed by atoms with Crippen molar-refractivity contribution in [2.45, 2.75) is 19.3 Å². The molecule has 0 N–H and O–H groups in total. The van der Waals surface area contributed by atoms with E-state index in [0.717, 1.165) is 17.9 Å². The summed E-state index contributed by atoms with van der Waals surface area (Å²) in [4.78, 5) is 0. The number of allylic oxidation sites excluding steroid dienone is 8. The lowest BCUT2D eigenvalue weighted by Gasteiger charge is -2.36. The monoisotopic (exact) mass is 282 g/mol. The van der Waals surface area contributed by atoms with Gasteiger partial charge in [-0.2, -0.15) is 0 Å². The number of hydrogen-bond acceptors (Lipinski definition) is 0. The van der Waals surface area contributed by atoms with E-state index in [0.29, 0.717) is 11.8 Å². The van der Waals surface area contributed by atoms with Crippen molar-refractivity contribution >= 4 is 27.5 Å². The second kappa shape index (κ2) is 3.64. The summed E-state index contributed by atoms with van der Waals surface area (Å²) in [5, 5.41) is 1.07. The third-order valence-electron chi connectivity index (χ3n) is 3.50. The molecule has 0 heterocycles. The molecule has 3 rings (SSSR count). The Bertz CT molecular complexity index is 426. The topological polar surface area (TPSA) is 0 Å². The zero-order chi connectivity index (χ0) is 10.4. The van der Waals surface area contributed by atoms with E-state index in [1.54, 1.807) is 0 Å². The first-order valence-corrected chi connectivity index (χ1v) is 6.54. The van der Waals surface area contributed by atoms with E-state index in [9.17, 15) is 0 Å². The van der Waals surface area contributed by atoms with E-state index in [-0.39, 0.29) is 0 Å². The van der Waals surface area contributed by atoms with Crippen molar-refractivity contribution in [3.05, 3.63) is 45.0 Å². The second-order valence-electron chi connectivity index (χ2n) is 4.44. The smallest absolute Gasteiger partial charge is 0.0288 e. The van der Waals surface area contributed by atoms with E-state index in [1.165, 1.54) is 22.0 Å². The first-order valence-electron chi connectivity index (χ1n) is 5.37. The van der Waals surface area contributed by atoms with Gasteiger partial charge in [0.2, 0.25) is 0 Å². The molecule has 2 heteroatoms. The third-order valence-corrected chi connectivity index (χ3v) is 4.59. The van der Waals surface area contributed by atoms with Gasteiger partial charge in [-0.1, -0.05) is 51.8 Å². The zero-order valence-corrected chi connectivity index (χ0v) is 10.7. The number of rotatable bonds is 0. The molecule has 0 aliphatic heterocycles. The second-order valence-corrected chi connectivity index (χ2v) is 5.86. The van der Waals surface area contributed by atoms with Crippen molar-refractivity contribution < 1.29 is 0 Å². The van der Waals surface area contributed by atoms with Crippen molar-refractivity contribution in [2.24, 2.45) is 11.8 Å². The van der Waals surface area contributed by atoms with Gasteiger partial charge in [-0.05, 0) is 40.8 Å². The first-order chi connectivity index (χ1) is 7.25. The molecule has 0 saturated heterocycles. The first kappa shape index (κ1) is 9.92. The maximum atomic E-state index is 6.46. The minimum absolute atomic E-state index is 0.457. The van der Waals surface area contributed by atoms with Crippen LogP contribution in [0.4, 0.5) is 0 Å². The van der Waals surface area contributed by atoms with Crippen LogP contribution in [0.2, 0.25) is 0 Å². The summed E-state index contributed by atoms with van der Waals surface area (Å²) in [5.74, 6) is 1.13. The van der Waals surface area contributed by atoms with Gasteiger partial charge < -0.3 is 0 Å². The Morgan fingerprint density at radius 1 is 1.40 bits per heavy atom. The van der Waals surface area contributed by atoms with Crippen LogP contribution >= 0.6 is 27.5 Å². The molecule has 0 aromatic carbocycles. The molecule has 2 unspecified atom stereocenters. The summed E-state index contributed by atoms with van der Waals surface area (Å²) < 4.78 is 1.32. The van der Waals surface area contributed by atoms with Gasteiger partial charge in [0.25, 0.3) is 0 Å². The minimum Gasteiger partial charge on any atom is -0.0882 e. The molecule has 0 aromatic heterocycles. The maximum absolute atomic E-state index is 6.46. The van der Waals surface area contributed by atoms with Gasteiger partial charge in [0, 0.05) is 11.0 Å². The van der Waals surface area contributed by atoms with Gasteiger partial charge in [0.05, 0.1) is 0 Å². The van der Waals surface area contributed by atoms with Crippen molar-refractivity contribution in [3.8, 4) is 0 Å². The quantitative estimate of drug-likeness (QED) is 0.605. The normalized spacial score (nSPS) is 33.5. The standard InChI is InChI=1S/C13H12BrCl/c14-10-6-8-5-9(7-10)13(15)12-4-2-1-3-11(8)12/h1-3,7-9H,4-6H2. The summed E-state index contributed by atoms with van der Waals surface area (Å²) in [6.07, 6.45) is 12.2. The highest BCUT2D eigenvalue weighted by atomic mass is 79.9. The fraction of sp³-hybridized carbons (Fsp3) is 0.385.